The van der Waals surface area contributed by atoms with Crippen molar-refractivity contribution in [2.45, 2.75) is 6.42 Å². The summed E-state index contributed by atoms with van der Waals surface area (Å²) in [5.41, 5.74) is 0.570. The Hall–Kier alpha value is -1.70. The number of methoxy groups -OCH3 is 1. The molecule has 0 unspecified atom stereocenters. The Kier molecular flexibility index (Phi) is 11.9. The fraction of sp³-hybridized carbons (Fsp3) is 0.467. The molecule has 0 saturated carbocycles. The van der Waals surface area contributed by atoms with Crippen molar-refractivity contribution in [2.24, 2.45) is 0 Å². The van der Waals surface area contributed by atoms with Crippen LogP contribution in [0.3, 0.4) is 0 Å². The van der Waals surface area contributed by atoms with Gasteiger partial charge in [-0.05, 0) is 17.7 Å². The first-order valence-electron chi connectivity index (χ1n) is 7.09. The molecule has 0 fully saturated rings. The molecule has 130 valence electrons. The zero-order valence-corrected chi connectivity index (χ0v) is 13.9. The van der Waals surface area contributed by atoms with Crippen molar-refractivity contribution in [1.29, 1.82) is 0 Å². The Morgan fingerprint density at radius 1 is 1.13 bits per heavy atom. The van der Waals surface area contributed by atoms with E-state index < -0.39 is 0 Å². The van der Waals surface area contributed by atoms with Crippen molar-refractivity contribution in [3.05, 3.63) is 35.6 Å². The number of carbonyl (C=O) groups is 2. The standard InChI is InChI=1S/C15H22FN3O3.ClH/c1-22-8-7-17-5-6-18-15(21)11-19-14(20)10-12-3-2-4-13(16)9-12;/h2-4,9,17H,5-8,10-11H2,1H3,(H,18,21)(H,19,20);1H. The molecule has 1 rings (SSSR count). The van der Waals surface area contributed by atoms with E-state index in [-0.39, 0.29) is 43.0 Å². The fourth-order valence-electron chi connectivity index (χ4n) is 1.73. The third-order valence-corrected chi connectivity index (χ3v) is 2.81. The van der Waals surface area contributed by atoms with E-state index in [9.17, 15) is 14.0 Å². The van der Waals surface area contributed by atoms with Gasteiger partial charge in [-0.3, -0.25) is 9.59 Å². The third kappa shape index (κ3) is 10.6. The predicted molar refractivity (Wildman–Crippen MR) is 88.1 cm³/mol. The quantitative estimate of drug-likeness (QED) is 0.530. The zero-order chi connectivity index (χ0) is 16.2. The molecule has 0 spiro atoms. The number of carbonyl (C=O) groups excluding carboxylic acids is 2. The first-order valence-corrected chi connectivity index (χ1v) is 7.09. The minimum Gasteiger partial charge on any atom is -0.383 e. The highest BCUT2D eigenvalue weighted by molar-refractivity contribution is 5.86. The Balaban J connectivity index is 0.00000484. The summed E-state index contributed by atoms with van der Waals surface area (Å²) in [7, 11) is 1.62. The molecular formula is C15H23ClFN3O3. The molecule has 1 aromatic carbocycles. The van der Waals surface area contributed by atoms with E-state index in [2.05, 4.69) is 16.0 Å². The molecule has 3 N–H and O–H groups in total. The van der Waals surface area contributed by atoms with Crippen LogP contribution < -0.4 is 16.0 Å². The first-order chi connectivity index (χ1) is 10.6. The van der Waals surface area contributed by atoms with Crippen LogP contribution in [-0.2, 0) is 20.7 Å². The van der Waals surface area contributed by atoms with Crippen molar-refractivity contribution >= 4 is 24.2 Å². The van der Waals surface area contributed by atoms with Crippen molar-refractivity contribution in [1.82, 2.24) is 16.0 Å². The molecule has 1 aromatic rings. The van der Waals surface area contributed by atoms with Crippen molar-refractivity contribution in [3.63, 3.8) is 0 Å². The fourth-order valence-corrected chi connectivity index (χ4v) is 1.73. The maximum atomic E-state index is 13.0. The van der Waals surface area contributed by atoms with Crippen LogP contribution in [0.1, 0.15) is 5.56 Å². The number of rotatable bonds is 10. The lowest BCUT2D eigenvalue weighted by atomic mass is 10.1. The molecule has 0 heterocycles. The zero-order valence-electron chi connectivity index (χ0n) is 13.1. The van der Waals surface area contributed by atoms with E-state index in [1.807, 2.05) is 0 Å². The molecular weight excluding hydrogens is 325 g/mol. The van der Waals surface area contributed by atoms with Crippen LogP contribution in [0, 0.1) is 5.82 Å². The van der Waals surface area contributed by atoms with Gasteiger partial charge in [0.2, 0.25) is 11.8 Å². The summed E-state index contributed by atoms with van der Waals surface area (Å²) in [5, 5.41) is 8.25. The third-order valence-electron chi connectivity index (χ3n) is 2.81. The van der Waals surface area contributed by atoms with Gasteiger partial charge in [0.15, 0.2) is 0 Å². The van der Waals surface area contributed by atoms with Gasteiger partial charge >= 0.3 is 0 Å². The Morgan fingerprint density at radius 2 is 1.91 bits per heavy atom. The molecule has 0 aliphatic heterocycles. The summed E-state index contributed by atoms with van der Waals surface area (Å²) in [6.07, 6.45) is 0.0453. The maximum absolute atomic E-state index is 13.0. The largest absolute Gasteiger partial charge is 0.383 e. The van der Waals surface area contributed by atoms with Crippen LogP contribution in [0.25, 0.3) is 0 Å². The van der Waals surface area contributed by atoms with E-state index in [1.165, 1.54) is 12.1 Å². The second kappa shape index (κ2) is 12.8. The predicted octanol–water partition coefficient (Wildman–Crippen LogP) is 0.258. The van der Waals surface area contributed by atoms with Crippen LogP contribution in [0.15, 0.2) is 24.3 Å². The normalized spacial score (nSPS) is 9.83. The number of benzene rings is 1. The highest BCUT2D eigenvalue weighted by Crippen LogP contribution is 2.03. The summed E-state index contributed by atoms with van der Waals surface area (Å²) >= 11 is 0. The number of hydrogen-bond donors (Lipinski definition) is 3. The van der Waals surface area contributed by atoms with Crippen molar-refractivity contribution in [3.8, 4) is 0 Å². The van der Waals surface area contributed by atoms with E-state index in [0.717, 1.165) is 6.54 Å². The second-order valence-corrected chi connectivity index (χ2v) is 4.68. The Bertz CT molecular complexity index is 489. The van der Waals surface area contributed by atoms with Gasteiger partial charge in [0, 0.05) is 26.7 Å². The molecule has 0 aromatic heterocycles. The van der Waals surface area contributed by atoms with E-state index in [4.69, 9.17) is 4.74 Å². The van der Waals surface area contributed by atoms with E-state index in [0.29, 0.717) is 25.3 Å². The summed E-state index contributed by atoms with van der Waals surface area (Å²) < 4.78 is 17.8. The highest BCUT2D eigenvalue weighted by atomic mass is 35.5. The van der Waals surface area contributed by atoms with Gasteiger partial charge in [-0.1, -0.05) is 12.1 Å². The van der Waals surface area contributed by atoms with Gasteiger partial charge in [-0.2, -0.15) is 0 Å². The number of halogens is 2. The van der Waals surface area contributed by atoms with Crippen molar-refractivity contribution in [2.75, 3.05) is 39.9 Å². The van der Waals surface area contributed by atoms with Crippen LogP contribution in [0.5, 0.6) is 0 Å². The minimum absolute atomic E-state index is 0. The van der Waals surface area contributed by atoms with Gasteiger partial charge < -0.3 is 20.7 Å². The molecule has 0 aliphatic rings. The molecule has 2 amide bonds. The summed E-state index contributed by atoms with van der Waals surface area (Å²) in [6, 6.07) is 5.82. The minimum atomic E-state index is -0.385. The van der Waals surface area contributed by atoms with Crippen LogP contribution in [0.2, 0.25) is 0 Å². The van der Waals surface area contributed by atoms with E-state index in [1.54, 1.807) is 19.2 Å². The summed E-state index contributed by atoms with van der Waals surface area (Å²) in [4.78, 5) is 23.1. The smallest absolute Gasteiger partial charge is 0.239 e. The molecule has 0 saturated heterocycles. The van der Waals surface area contributed by atoms with Crippen LogP contribution >= 0.6 is 12.4 Å². The maximum Gasteiger partial charge on any atom is 0.239 e. The van der Waals surface area contributed by atoms with Gasteiger partial charge in [0.05, 0.1) is 19.6 Å². The molecule has 0 radical (unpaired) electrons. The summed E-state index contributed by atoms with van der Waals surface area (Å²) in [5.74, 6) is -0.968. The molecule has 8 heteroatoms. The van der Waals surface area contributed by atoms with Crippen molar-refractivity contribution < 1.29 is 18.7 Å². The summed E-state index contributed by atoms with van der Waals surface area (Å²) in [6.45, 7) is 2.35. The number of hydrogen-bond acceptors (Lipinski definition) is 4. The highest BCUT2D eigenvalue weighted by Gasteiger charge is 2.06. The van der Waals surface area contributed by atoms with Gasteiger partial charge in [0.25, 0.3) is 0 Å². The average molecular weight is 348 g/mol. The molecule has 0 bridgehead atoms. The molecule has 23 heavy (non-hydrogen) atoms. The topological polar surface area (TPSA) is 79.5 Å². The van der Waals surface area contributed by atoms with Gasteiger partial charge in [0.1, 0.15) is 5.82 Å². The monoisotopic (exact) mass is 347 g/mol. The number of amides is 2. The first kappa shape index (κ1) is 21.3. The Labute approximate surface area is 141 Å². The molecule has 0 atom stereocenters. The van der Waals surface area contributed by atoms with Crippen LogP contribution in [-0.4, -0.2) is 51.7 Å². The lowest BCUT2D eigenvalue weighted by Crippen LogP contribution is -2.40. The molecule has 0 aliphatic carbocycles. The lowest BCUT2D eigenvalue weighted by molar-refractivity contribution is -0.125. The van der Waals surface area contributed by atoms with E-state index >= 15 is 0 Å². The number of nitrogens with one attached hydrogen (secondary N) is 3. The van der Waals surface area contributed by atoms with Crippen LogP contribution in [0.4, 0.5) is 4.39 Å². The Morgan fingerprint density at radius 3 is 2.61 bits per heavy atom. The molecule has 6 nitrogen and oxygen atoms in total. The van der Waals surface area contributed by atoms with Gasteiger partial charge in [-0.15, -0.1) is 12.4 Å². The lowest BCUT2D eigenvalue weighted by Gasteiger charge is -2.08. The SMILES string of the molecule is COCCNCCNC(=O)CNC(=O)Cc1cccc(F)c1.Cl. The van der Waals surface area contributed by atoms with Gasteiger partial charge in [-0.25, -0.2) is 4.39 Å². The second-order valence-electron chi connectivity index (χ2n) is 4.68. The average Bonchev–Trinajstić information content (AvgIpc) is 2.49. The number of ether oxygens (including phenoxy) is 1.